The molecule has 2 aromatic rings. The van der Waals surface area contributed by atoms with Crippen LogP contribution in [0.3, 0.4) is 0 Å². The van der Waals surface area contributed by atoms with Crippen molar-refractivity contribution < 1.29 is 16.8 Å². The maximum absolute atomic E-state index is 12.8. The summed E-state index contributed by atoms with van der Waals surface area (Å²) >= 11 is 11.8. The van der Waals surface area contributed by atoms with Crippen LogP contribution in [0.2, 0.25) is 10.0 Å². The Morgan fingerprint density at radius 2 is 1.37 bits per heavy atom. The minimum absolute atomic E-state index is 0.0417. The molecule has 0 fully saturated rings. The van der Waals surface area contributed by atoms with Crippen molar-refractivity contribution in [2.24, 2.45) is 0 Å². The quantitative estimate of drug-likeness (QED) is 0.728. The van der Waals surface area contributed by atoms with Crippen molar-refractivity contribution in [1.82, 2.24) is 4.31 Å². The van der Waals surface area contributed by atoms with Crippen LogP contribution in [0.5, 0.6) is 0 Å². The first-order valence-electron chi connectivity index (χ1n) is 7.57. The van der Waals surface area contributed by atoms with E-state index in [0.717, 1.165) is 4.31 Å². The average molecular weight is 452 g/mol. The van der Waals surface area contributed by atoms with E-state index in [1.807, 2.05) is 0 Å². The monoisotopic (exact) mass is 451 g/mol. The van der Waals surface area contributed by atoms with Crippen LogP contribution < -0.4 is 9.62 Å². The van der Waals surface area contributed by atoms with Gasteiger partial charge in [0, 0.05) is 38.2 Å². The Labute approximate surface area is 169 Å². The van der Waals surface area contributed by atoms with Crippen LogP contribution in [0.4, 0.5) is 11.4 Å². The Morgan fingerprint density at radius 3 is 1.85 bits per heavy atom. The molecule has 2 aromatic carbocycles. The third-order valence-electron chi connectivity index (χ3n) is 3.62. The number of nitrogens with zero attached hydrogens (tertiary/aromatic N) is 2. The number of hydrogen-bond acceptors (Lipinski definition) is 5. The van der Waals surface area contributed by atoms with Gasteiger partial charge < -0.3 is 4.90 Å². The smallest absolute Gasteiger partial charge is 0.262 e. The van der Waals surface area contributed by atoms with E-state index in [2.05, 4.69) is 4.72 Å². The molecular weight excluding hydrogens is 433 g/mol. The molecule has 0 aliphatic heterocycles. The first-order chi connectivity index (χ1) is 12.3. The van der Waals surface area contributed by atoms with Crippen molar-refractivity contribution in [3.05, 3.63) is 46.4 Å². The molecule has 0 atom stereocenters. The number of anilines is 2. The van der Waals surface area contributed by atoms with Gasteiger partial charge in [0.1, 0.15) is 0 Å². The first-order valence-corrected chi connectivity index (χ1v) is 11.3. The van der Waals surface area contributed by atoms with Crippen molar-refractivity contribution in [2.45, 2.75) is 9.79 Å². The Balaban J connectivity index is 2.59. The molecule has 2 rings (SSSR count). The first kappa shape index (κ1) is 21.8. The molecule has 0 bridgehead atoms. The van der Waals surface area contributed by atoms with Crippen molar-refractivity contribution in [3.8, 4) is 0 Å². The molecule has 0 heterocycles. The van der Waals surface area contributed by atoms with Crippen LogP contribution in [0.1, 0.15) is 0 Å². The van der Waals surface area contributed by atoms with Crippen LogP contribution in [0.15, 0.2) is 46.2 Å². The highest BCUT2D eigenvalue weighted by atomic mass is 35.5. The minimum atomic E-state index is -4.05. The number of sulfonamides is 2. The lowest BCUT2D eigenvalue weighted by Gasteiger charge is -2.20. The van der Waals surface area contributed by atoms with Crippen LogP contribution in [-0.4, -0.2) is 49.3 Å². The lowest BCUT2D eigenvalue weighted by atomic mass is 10.2. The van der Waals surface area contributed by atoms with Crippen LogP contribution >= 0.6 is 23.2 Å². The fourth-order valence-electron chi connectivity index (χ4n) is 2.25. The van der Waals surface area contributed by atoms with E-state index in [9.17, 15) is 16.8 Å². The lowest BCUT2D eigenvalue weighted by Crippen LogP contribution is -2.23. The Hall–Kier alpha value is -1.52. The number of nitrogens with one attached hydrogen (secondary N) is 1. The summed E-state index contributed by atoms with van der Waals surface area (Å²) < 4.78 is 53.8. The van der Waals surface area contributed by atoms with E-state index in [1.54, 1.807) is 19.0 Å². The van der Waals surface area contributed by atoms with Crippen LogP contribution in [-0.2, 0) is 20.0 Å². The summed E-state index contributed by atoms with van der Waals surface area (Å²) in [5.41, 5.74) is 0.600. The SMILES string of the molecule is CN(C)c1ccc(S(=O)(=O)N(C)C)cc1NS(=O)(=O)c1cc(Cl)cc(Cl)c1. The summed E-state index contributed by atoms with van der Waals surface area (Å²) in [5, 5.41) is 0.333. The molecule has 0 saturated carbocycles. The molecular formula is C16H19Cl2N3O4S2. The van der Waals surface area contributed by atoms with Gasteiger partial charge in [-0.3, -0.25) is 4.72 Å². The summed E-state index contributed by atoms with van der Waals surface area (Å²) in [6.45, 7) is 0. The van der Waals surface area contributed by atoms with Gasteiger partial charge in [-0.2, -0.15) is 0 Å². The van der Waals surface area contributed by atoms with Gasteiger partial charge in [0.15, 0.2) is 0 Å². The van der Waals surface area contributed by atoms with Crippen LogP contribution in [0.25, 0.3) is 0 Å². The Morgan fingerprint density at radius 1 is 0.815 bits per heavy atom. The number of halogens is 2. The van der Waals surface area contributed by atoms with Crippen molar-refractivity contribution in [3.63, 3.8) is 0 Å². The van der Waals surface area contributed by atoms with Gasteiger partial charge in [-0.15, -0.1) is 0 Å². The topological polar surface area (TPSA) is 86.8 Å². The Kier molecular flexibility index (Phi) is 6.33. The van der Waals surface area contributed by atoms with Gasteiger partial charge in [-0.05, 0) is 36.4 Å². The van der Waals surface area contributed by atoms with E-state index >= 15 is 0 Å². The number of rotatable bonds is 6. The second-order valence-electron chi connectivity index (χ2n) is 6.07. The normalized spacial score (nSPS) is 12.3. The molecule has 27 heavy (non-hydrogen) atoms. The average Bonchev–Trinajstić information content (AvgIpc) is 2.53. The fraction of sp³-hybridized carbons (Fsp3) is 0.250. The molecule has 0 amide bonds. The summed E-state index contributed by atoms with van der Waals surface area (Å²) in [6, 6.07) is 8.14. The van der Waals surface area contributed by atoms with Gasteiger partial charge >= 0.3 is 0 Å². The highest BCUT2D eigenvalue weighted by Crippen LogP contribution is 2.31. The van der Waals surface area contributed by atoms with E-state index in [4.69, 9.17) is 23.2 Å². The molecule has 0 aliphatic carbocycles. The van der Waals surface area contributed by atoms with E-state index in [1.165, 1.54) is 50.5 Å². The number of benzene rings is 2. The fourth-order valence-corrected chi connectivity index (χ4v) is 4.96. The molecule has 11 heteroatoms. The zero-order chi connectivity index (χ0) is 20.6. The maximum Gasteiger partial charge on any atom is 0.262 e. The second-order valence-corrected chi connectivity index (χ2v) is 10.8. The molecule has 7 nitrogen and oxygen atoms in total. The summed E-state index contributed by atoms with van der Waals surface area (Å²) in [5.74, 6) is 0. The molecule has 0 spiro atoms. The summed E-state index contributed by atoms with van der Waals surface area (Å²) in [4.78, 5) is 1.49. The van der Waals surface area contributed by atoms with Gasteiger partial charge in [0.25, 0.3) is 10.0 Å². The highest BCUT2D eigenvalue weighted by Gasteiger charge is 2.22. The zero-order valence-corrected chi connectivity index (χ0v) is 18.2. The van der Waals surface area contributed by atoms with Gasteiger partial charge in [-0.1, -0.05) is 23.2 Å². The van der Waals surface area contributed by atoms with E-state index < -0.39 is 20.0 Å². The van der Waals surface area contributed by atoms with Gasteiger partial charge in [0.2, 0.25) is 10.0 Å². The molecule has 148 valence electrons. The molecule has 0 aliphatic rings. The minimum Gasteiger partial charge on any atom is -0.376 e. The van der Waals surface area contributed by atoms with E-state index in [-0.39, 0.29) is 25.5 Å². The summed E-state index contributed by atoms with van der Waals surface area (Å²) in [7, 11) is -1.57. The predicted molar refractivity (Wildman–Crippen MR) is 109 cm³/mol. The molecule has 0 radical (unpaired) electrons. The van der Waals surface area contributed by atoms with Gasteiger partial charge in [0.05, 0.1) is 21.2 Å². The summed E-state index contributed by atoms with van der Waals surface area (Å²) in [6.07, 6.45) is 0. The van der Waals surface area contributed by atoms with Crippen molar-refractivity contribution in [1.29, 1.82) is 0 Å². The van der Waals surface area contributed by atoms with Crippen molar-refractivity contribution in [2.75, 3.05) is 37.8 Å². The lowest BCUT2D eigenvalue weighted by molar-refractivity contribution is 0.521. The Bertz CT molecular complexity index is 1050. The van der Waals surface area contributed by atoms with E-state index in [0.29, 0.717) is 5.69 Å². The second kappa shape index (κ2) is 7.84. The standard InChI is InChI=1S/C16H19Cl2N3O4S2/c1-20(2)16-6-5-13(27(24,25)21(3)4)10-15(16)19-26(22,23)14-8-11(17)7-12(18)9-14/h5-10,19H,1-4H3. The predicted octanol–water partition coefficient (Wildman–Crippen LogP) is 3.11. The molecule has 1 N–H and O–H groups in total. The molecule has 0 saturated heterocycles. The third kappa shape index (κ3) is 4.85. The van der Waals surface area contributed by atoms with Gasteiger partial charge in [-0.25, -0.2) is 21.1 Å². The molecule has 0 aromatic heterocycles. The third-order valence-corrected chi connectivity index (χ3v) is 7.21. The van der Waals surface area contributed by atoms with Crippen LogP contribution in [0, 0.1) is 0 Å². The zero-order valence-electron chi connectivity index (χ0n) is 15.1. The van der Waals surface area contributed by atoms with Crippen molar-refractivity contribution >= 4 is 54.6 Å². The molecule has 0 unspecified atom stereocenters. The largest absolute Gasteiger partial charge is 0.376 e. The highest BCUT2D eigenvalue weighted by molar-refractivity contribution is 7.92. The number of hydrogen-bond donors (Lipinski definition) is 1. The maximum atomic E-state index is 12.8.